The van der Waals surface area contributed by atoms with E-state index in [2.05, 4.69) is 0 Å². The van der Waals surface area contributed by atoms with Crippen LogP contribution in [0, 0.1) is 12.7 Å². The van der Waals surface area contributed by atoms with E-state index >= 15 is 0 Å². The minimum atomic E-state index is -1.16. The lowest BCUT2D eigenvalue weighted by molar-refractivity contribution is -0.142. The second-order valence-electron chi connectivity index (χ2n) is 7.82. The van der Waals surface area contributed by atoms with Crippen molar-refractivity contribution in [3.05, 3.63) is 59.0 Å². The zero-order valence-corrected chi connectivity index (χ0v) is 16.2. The van der Waals surface area contributed by atoms with Crippen LogP contribution < -0.4 is 0 Å². The van der Waals surface area contributed by atoms with Gasteiger partial charge in [0.2, 0.25) is 0 Å². The highest BCUT2D eigenvalue weighted by Crippen LogP contribution is 2.42. The molecule has 0 saturated heterocycles. The molecule has 142 valence electrons. The molecule has 5 heteroatoms. The first-order chi connectivity index (χ1) is 12.6. The van der Waals surface area contributed by atoms with E-state index in [1.165, 1.54) is 6.07 Å². The third kappa shape index (κ3) is 2.97. The van der Waals surface area contributed by atoms with Crippen molar-refractivity contribution in [3.8, 4) is 11.4 Å². The predicted octanol–water partition coefficient (Wildman–Crippen LogP) is 5.27. The van der Waals surface area contributed by atoms with Gasteiger partial charge in [-0.15, -0.1) is 0 Å². The zero-order valence-electron chi connectivity index (χ0n) is 16.2. The fraction of sp³-hybridized carbons (Fsp3) is 0.318. The van der Waals surface area contributed by atoms with Gasteiger partial charge >= 0.3 is 5.97 Å². The minimum Gasteiger partial charge on any atom is -0.508 e. The van der Waals surface area contributed by atoms with Crippen LogP contribution in [-0.4, -0.2) is 20.7 Å². The summed E-state index contributed by atoms with van der Waals surface area (Å²) in [7, 11) is 0. The number of rotatable bonds is 4. The summed E-state index contributed by atoms with van der Waals surface area (Å²) in [5.74, 6) is -1.14. The van der Waals surface area contributed by atoms with Crippen molar-refractivity contribution in [2.45, 2.75) is 46.0 Å². The third-order valence-corrected chi connectivity index (χ3v) is 5.09. The van der Waals surface area contributed by atoms with Gasteiger partial charge < -0.3 is 14.8 Å². The fourth-order valence-corrected chi connectivity index (χ4v) is 3.66. The second kappa shape index (κ2) is 6.41. The van der Waals surface area contributed by atoms with Crippen LogP contribution in [0.5, 0.6) is 5.75 Å². The van der Waals surface area contributed by atoms with Gasteiger partial charge in [-0.05, 0) is 74.2 Å². The van der Waals surface area contributed by atoms with Crippen LogP contribution in [0.15, 0.2) is 36.4 Å². The van der Waals surface area contributed by atoms with Crippen LogP contribution in [0.25, 0.3) is 16.6 Å². The first-order valence-corrected chi connectivity index (χ1v) is 8.93. The Morgan fingerprint density at radius 2 is 1.81 bits per heavy atom. The van der Waals surface area contributed by atoms with E-state index in [9.17, 15) is 19.4 Å². The Hall–Kier alpha value is -2.82. The number of hydrogen-bond acceptors (Lipinski definition) is 2. The number of fused-ring (bicyclic) bond motifs is 1. The summed E-state index contributed by atoms with van der Waals surface area (Å²) in [6.45, 7) is 9.04. The first-order valence-electron chi connectivity index (χ1n) is 8.93. The maximum Gasteiger partial charge on any atom is 0.313 e. The molecule has 0 amide bonds. The van der Waals surface area contributed by atoms with Crippen molar-refractivity contribution in [2.75, 3.05) is 0 Å². The Morgan fingerprint density at radius 1 is 1.15 bits per heavy atom. The van der Waals surface area contributed by atoms with Gasteiger partial charge in [-0.3, -0.25) is 4.79 Å². The Bertz CT molecular complexity index is 1050. The number of aliphatic carboxylic acids is 1. The number of carboxylic acid groups (broad SMARTS) is 1. The lowest BCUT2D eigenvalue weighted by atomic mass is 9.80. The standard InChI is InChI=1S/C22H24FNO3/c1-12(2)20-19(22(4,5)21(26)27)16-11-15(25)7-9-18(16)24(20)14-6-8-17(23)13(3)10-14/h6-12,25H,1-5H3,(H,26,27). The van der Waals surface area contributed by atoms with Crippen LogP contribution in [0.2, 0.25) is 0 Å². The summed E-state index contributed by atoms with van der Waals surface area (Å²) in [5.41, 5.74) is 2.41. The monoisotopic (exact) mass is 369 g/mol. The fourth-order valence-electron chi connectivity index (χ4n) is 3.66. The molecule has 3 aromatic rings. The van der Waals surface area contributed by atoms with Gasteiger partial charge in [0, 0.05) is 16.8 Å². The van der Waals surface area contributed by atoms with E-state index in [1.54, 1.807) is 51.1 Å². The summed E-state index contributed by atoms with van der Waals surface area (Å²) in [4.78, 5) is 12.0. The van der Waals surface area contributed by atoms with Gasteiger partial charge in [0.1, 0.15) is 11.6 Å². The summed E-state index contributed by atoms with van der Waals surface area (Å²) < 4.78 is 15.8. The molecule has 0 radical (unpaired) electrons. The quantitative estimate of drug-likeness (QED) is 0.658. The van der Waals surface area contributed by atoms with E-state index in [0.717, 1.165) is 16.9 Å². The molecule has 1 heterocycles. The van der Waals surface area contributed by atoms with E-state index in [4.69, 9.17) is 0 Å². The number of nitrogens with zero attached hydrogens (tertiary/aromatic N) is 1. The summed E-state index contributed by atoms with van der Waals surface area (Å²) in [6, 6.07) is 9.83. The lowest BCUT2D eigenvalue weighted by Crippen LogP contribution is -2.30. The van der Waals surface area contributed by atoms with Gasteiger partial charge in [0.15, 0.2) is 0 Å². The molecule has 1 aromatic heterocycles. The molecule has 0 spiro atoms. The molecule has 0 atom stereocenters. The van der Waals surface area contributed by atoms with Crippen molar-refractivity contribution >= 4 is 16.9 Å². The van der Waals surface area contributed by atoms with Gasteiger partial charge in [0.25, 0.3) is 0 Å². The minimum absolute atomic E-state index is 0.0125. The number of carbonyl (C=O) groups is 1. The molecule has 3 rings (SSSR count). The van der Waals surface area contributed by atoms with Gasteiger partial charge in [-0.25, -0.2) is 4.39 Å². The number of aromatic hydroxyl groups is 1. The van der Waals surface area contributed by atoms with Gasteiger partial charge in [-0.1, -0.05) is 13.8 Å². The van der Waals surface area contributed by atoms with Crippen molar-refractivity contribution in [2.24, 2.45) is 0 Å². The highest BCUT2D eigenvalue weighted by Gasteiger charge is 2.37. The number of hydrogen-bond donors (Lipinski definition) is 2. The van der Waals surface area contributed by atoms with E-state index < -0.39 is 11.4 Å². The molecule has 0 fully saturated rings. The van der Waals surface area contributed by atoms with Gasteiger partial charge in [-0.2, -0.15) is 0 Å². The molecule has 0 aliphatic carbocycles. The second-order valence-corrected chi connectivity index (χ2v) is 7.82. The normalized spacial score (nSPS) is 12.1. The number of phenols is 1. The Morgan fingerprint density at radius 3 is 2.37 bits per heavy atom. The average molecular weight is 369 g/mol. The molecular weight excluding hydrogens is 345 g/mol. The molecule has 0 bridgehead atoms. The van der Waals surface area contributed by atoms with Crippen molar-refractivity contribution in [1.29, 1.82) is 0 Å². The summed E-state index contributed by atoms with van der Waals surface area (Å²) >= 11 is 0. The SMILES string of the molecule is Cc1cc(-n2c(C(C)C)c(C(C)(C)C(=O)O)c3cc(O)ccc32)ccc1F. The van der Waals surface area contributed by atoms with Gasteiger partial charge in [0.05, 0.1) is 10.9 Å². The molecule has 2 N–H and O–H groups in total. The van der Waals surface area contributed by atoms with Crippen LogP contribution >= 0.6 is 0 Å². The van der Waals surface area contributed by atoms with Crippen molar-refractivity contribution in [1.82, 2.24) is 4.57 Å². The molecule has 27 heavy (non-hydrogen) atoms. The number of benzene rings is 2. The summed E-state index contributed by atoms with van der Waals surface area (Å²) in [6.07, 6.45) is 0. The molecule has 0 unspecified atom stereocenters. The highest BCUT2D eigenvalue weighted by molar-refractivity contribution is 5.95. The van der Waals surface area contributed by atoms with Crippen LogP contribution in [-0.2, 0) is 10.2 Å². The molecule has 0 aliphatic rings. The topological polar surface area (TPSA) is 62.5 Å². The number of aromatic nitrogens is 1. The highest BCUT2D eigenvalue weighted by atomic mass is 19.1. The average Bonchev–Trinajstić information content (AvgIpc) is 2.92. The first kappa shape index (κ1) is 19.0. The number of halogens is 1. The molecule has 0 aliphatic heterocycles. The van der Waals surface area contributed by atoms with Crippen LogP contribution in [0.3, 0.4) is 0 Å². The van der Waals surface area contributed by atoms with Crippen molar-refractivity contribution < 1.29 is 19.4 Å². The molecule has 2 aromatic carbocycles. The third-order valence-electron chi connectivity index (χ3n) is 5.09. The van der Waals surface area contributed by atoms with E-state index in [0.29, 0.717) is 16.5 Å². The molecule has 0 saturated carbocycles. The van der Waals surface area contributed by atoms with E-state index in [1.807, 2.05) is 18.4 Å². The van der Waals surface area contributed by atoms with Crippen LogP contribution in [0.4, 0.5) is 4.39 Å². The van der Waals surface area contributed by atoms with E-state index in [-0.39, 0.29) is 17.5 Å². The maximum absolute atomic E-state index is 13.8. The maximum atomic E-state index is 13.8. The number of carboxylic acids is 1. The number of aryl methyl sites for hydroxylation is 1. The molecule has 4 nitrogen and oxygen atoms in total. The zero-order chi connectivity index (χ0) is 20.1. The van der Waals surface area contributed by atoms with Crippen LogP contribution in [0.1, 0.15) is 50.4 Å². The Labute approximate surface area is 157 Å². The van der Waals surface area contributed by atoms with Crippen molar-refractivity contribution in [3.63, 3.8) is 0 Å². The number of phenolic OH excluding ortho intramolecular Hbond substituents is 1. The smallest absolute Gasteiger partial charge is 0.313 e. The summed E-state index contributed by atoms with van der Waals surface area (Å²) in [5, 5.41) is 20.6. The molecular formula is C22H24FNO3. The largest absolute Gasteiger partial charge is 0.508 e. The Balaban J connectivity index is 2.52. The predicted molar refractivity (Wildman–Crippen MR) is 104 cm³/mol. The Kier molecular flexibility index (Phi) is 4.50. The lowest BCUT2D eigenvalue weighted by Gasteiger charge is -2.24.